The second-order valence-electron chi connectivity index (χ2n) is 5.73. The van der Waals surface area contributed by atoms with Crippen molar-refractivity contribution >= 4 is 48.5 Å². The third-order valence-corrected chi connectivity index (χ3v) is 6.15. The summed E-state index contributed by atoms with van der Waals surface area (Å²) in [5.74, 6) is 0. The number of sulfonamides is 1. The Morgan fingerprint density at radius 2 is 1.84 bits per heavy atom. The fourth-order valence-electron chi connectivity index (χ4n) is 2.72. The van der Waals surface area contributed by atoms with Gasteiger partial charge >= 0.3 is 0 Å². The average Bonchev–Trinajstić information content (AvgIpc) is 2.98. The minimum atomic E-state index is -3.52. The van der Waals surface area contributed by atoms with E-state index < -0.39 is 10.0 Å². The van der Waals surface area contributed by atoms with Gasteiger partial charge in [0.25, 0.3) is 0 Å². The van der Waals surface area contributed by atoms with Crippen LogP contribution in [-0.4, -0.2) is 25.3 Å². The third-order valence-electron chi connectivity index (χ3n) is 4.03. The lowest BCUT2D eigenvalue weighted by Gasteiger charge is -2.07. The molecule has 7 heteroatoms. The highest BCUT2D eigenvalue weighted by molar-refractivity contribution is 9.09. The van der Waals surface area contributed by atoms with Gasteiger partial charge in [-0.25, -0.2) is 13.1 Å². The first-order valence-corrected chi connectivity index (χ1v) is 10.9. The standard InChI is InChI=1S/C18H18BrClN2O2S/c19-9-7-14-12-21-18-6-1-13(11-17(14)18)8-10-22-25(23,24)16-4-2-15(20)3-5-16/h1-6,11-12,21-22H,7-10H2. The molecule has 1 aromatic heterocycles. The van der Waals surface area contributed by atoms with E-state index >= 15 is 0 Å². The molecule has 0 unspecified atom stereocenters. The number of aryl methyl sites for hydroxylation is 1. The summed E-state index contributed by atoms with van der Waals surface area (Å²) in [5, 5.41) is 2.61. The summed E-state index contributed by atoms with van der Waals surface area (Å²) in [7, 11) is -3.52. The van der Waals surface area contributed by atoms with E-state index in [1.54, 1.807) is 12.1 Å². The minimum Gasteiger partial charge on any atom is -0.361 e. The second kappa shape index (κ2) is 7.91. The molecule has 3 aromatic rings. The van der Waals surface area contributed by atoms with Crippen molar-refractivity contribution in [1.29, 1.82) is 0 Å². The van der Waals surface area contributed by atoms with Gasteiger partial charge in [-0.05, 0) is 60.4 Å². The fourth-order valence-corrected chi connectivity index (χ4v) is 4.30. The Morgan fingerprint density at radius 3 is 2.56 bits per heavy atom. The molecule has 2 aromatic carbocycles. The zero-order valence-corrected chi connectivity index (χ0v) is 16.6. The number of nitrogens with one attached hydrogen (secondary N) is 2. The van der Waals surface area contributed by atoms with Gasteiger partial charge in [-0.15, -0.1) is 0 Å². The topological polar surface area (TPSA) is 62.0 Å². The molecule has 0 aliphatic rings. The summed E-state index contributed by atoms with van der Waals surface area (Å²) in [4.78, 5) is 3.48. The highest BCUT2D eigenvalue weighted by atomic mass is 79.9. The molecule has 0 atom stereocenters. The van der Waals surface area contributed by atoms with Crippen LogP contribution in [-0.2, 0) is 22.9 Å². The molecule has 0 spiro atoms. The summed E-state index contributed by atoms with van der Waals surface area (Å²) in [5.41, 5.74) is 3.46. The van der Waals surface area contributed by atoms with Crippen LogP contribution in [0.5, 0.6) is 0 Å². The van der Waals surface area contributed by atoms with Crippen LogP contribution >= 0.6 is 27.5 Å². The minimum absolute atomic E-state index is 0.220. The smallest absolute Gasteiger partial charge is 0.240 e. The van der Waals surface area contributed by atoms with Crippen LogP contribution in [0.4, 0.5) is 0 Å². The van der Waals surface area contributed by atoms with Crippen molar-refractivity contribution in [3.8, 4) is 0 Å². The van der Waals surface area contributed by atoms with Crippen molar-refractivity contribution in [3.63, 3.8) is 0 Å². The van der Waals surface area contributed by atoms with Gasteiger partial charge in [0.15, 0.2) is 0 Å². The second-order valence-corrected chi connectivity index (χ2v) is 8.73. The maximum atomic E-state index is 12.3. The van der Waals surface area contributed by atoms with E-state index in [-0.39, 0.29) is 4.90 Å². The van der Waals surface area contributed by atoms with Gasteiger partial charge in [0.05, 0.1) is 4.90 Å². The van der Waals surface area contributed by atoms with Crippen molar-refractivity contribution in [2.75, 3.05) is 11.9 Å². The monoisotopic (exact) mass is 440 g/mol. The van der Waals surface area contributed by atoms with Crippen LogP contribution in [0.15, 0.2) is 53.6 Å². The molecule has 0 saturated carbocycles. The van der Waals surface area contributed by atoms with E-state index in [2.05, 4.69) is 31.7 Å². The zero-order chi connectivity index (χ0) is 17.9. The van der Waals surface area contributed by atoms with Crippen LogP contribution in [0.3, 0.4) is 0 Å². The fraction of sp³-hybridized carbons (Fsp3) is 0.222. The molecule has 132 valence electrons. The third kappa shape index (κ3) is 4.44. The van der Waals surface area contributed by atoms with Gasteiger partial charge in [-0.3, -0.25) is 0 Å². The maximum Gasteiger partial charge on any atom is 0.240 e. The number of fused-ring (bicyclic) bond motifs is 1. The van der Waals surface area contributed by atoms with Crippen LogP contribution in [0.1, 0.15) is 11.1 Å². The number of H-pyrrole nitrogens is 1. The molecule has 3 rings (SSSR count). The molecular weight excluding hydrogens is 424 g/mol. The van der Waals surface area contributed by atoms with E-state index in [1.165, 1.54) is 23.1 Å². The molecule has 0 amide bonds. The summed E-state index contributed by atoms with van der Waals surface area (Å²) in [6.45, 7) is 0.342. The van der Waals surface area contributed by atoms with E-state index in [0.29, 0.717) is 18.0 Å². The largest absolute Gasteiger partial charge is 0.361 e. The van der Waals surface area contributed by atoms with E-state index in [1.807, 2.05) is 18.3 Å². The Morgan fingerprint density at radius 1 is 1.08 bits per heavy atom. The Kier molecular flexibility index (Phi) is 5.84. The van der Waals surface area contributed by atoms with Crippen molar-refractivity contribution in [2.24, 2.45) is 0 Å². The molecule has 0 fully saturated rings. The van der Waals surface area contributed by atoms with Crippen molar-refractivity contribution in [1.82, 2.24) is 9.71 Å². The Hall–Kier alpha value is -1.34. The number of alkyl halides is 1. The van der Waals surface area contributed by atoms with Gasteiger partial charge in [0.1, 0.15) is 0 Å². The number of benzene rings is 2. The number of halogens is 2. The molecule has 0 aliphatic heterocycles. The van der Waals surface area contributed by atoms with Crippen molar-refractivity contribution in [3.05, 3.63) is 64.8 Å². The van der Waals surface area contributed by atoms with E-state index in [0.717, 1.165) is 22.8 Å². The van der Waals surface area contributed by atoms with Gasteiger partial charge in [0, 0.05) is 34.0 Å². The lowest BCUT2D eigenvalue weighted by atomic mass is 10.1. The molecular formula is C18H18BrClN2O2S. The Labute approximate surface area is 160 Å². The lowest BCUT2D eigenvalue weighted by Crippen LogP contribution is -2.25. The van der Waals surface area contributed by atoms with Gasteiger partial charge in [0.2, 0.25) is 10.0 Å². The first kappa shape index (κ1) is 18.5. The normalized spacial score (nSPS) is 11.9. The van der Waals surface area contributed by atoms with Crippen LogP contribution in [0, 0.1) is 0 Å². The molecule has 0 radical (unpaired) electrons. The number of rotatable bonds is 7. The van der Waals surface area contributed by atoms with Crippen LogP contribution in [0.25, 0.3) is 10.9 Å². The number of hydrogen-bond acceptors (Lipinski definition) is 2. The summed E-state index contributed by atoms with van der Waals surface area (Å²) < 4.78 is 27.2. The highest BCUT2D eigenvalue weighted by Crippen LogP contribution is 2.21. The molecule has 2 N–H and O–H groups in total. The zero-order valence-electron chi connectivity index (χ0n) is 13.4. The Balaban J connectivity index is 1.68. The maximum absolute atomic E-state index is 12.3. The Bertz CT molecular complexity index is 968. The number of hydrogen-bond donors (Lipinski definition) is 2. The number of aromatic amines is 1. The predicted octanol–water partition coefficient (Wildman–Crippen LogP) is 4.28. The van der Waals surface area contributed by atoms with Crippen molar-refractivity contribution in [2.45, 2.75) is 17.7 Å². The summed E-state index contributed by atoms with van der Waals surface area (Å²) >= 11 is 9.27. The first-order chi connectivity index (χ1) is 12.0. The first-order valence-electron chi connectivity index (χ1n) is 7.90. The number of aromatic nitrogens is 1. The van der Waals surface area contributed by atoms with Crippen LogP contribution in [0.2, 0.25) is 5.02 Å². The molecule has 1 heterocycles. The molecule has 4 nitrogen and oxygen atoms in total. The quantitative estimate of drug-likeness (QED) is 0.538. The molecule has 0 saturated heterocycles. The van der Waals surface area contributed by atoms with Crippen molar-refractivity contribution < 1.29 is 8.42 Å². The van der Waals surface area contributed by atoms with Gasteiger partial charge in [-0.1, -0.05) is 33.6 Å². The van der Waals surface area contributed by atoms with E-state index in [4.69, 9.17) is 11.6 Å². The molecule has 0 bridgehead atoms. The lowest BCUT2D eigenvalue weighted by molar-refractivity contribution is 0.581. The highest BCUT2D eigenvalue weighted by Gasteiger charge is 2.13. The van der Waals surface area contributed by atoms with Gasteiger partial charge < -0.3 is 4.98 Å². The SMILES string of the molecule is O=S(=O)(NCCc1ccc2[nH]cc(CCBr)c2c1)c1ccc(Cl)cc1. The average molecular weight is 442 g/mol. The van der Waals surface area contributed by atoms with Crippen LogP contribution < -0.4 is 4.72 Å². The summed E-state index contributed by atoms with van der Waals surface area (Å²) in [6.07, 6.45) is 3.60. The summed E-state index contributed by atoms with van der Waals surface area (Å²) in [6, 6.07) is 12.3. The van der Waals surface area contributed by atoms with E-state index in [9.17, 15) is 8.42 Å². The molecule has 0 aliphatic carbocycles. The predicted molar refractivity (Wildman–Crippen MR) is 106 cm³/mol. The molecule has 25 heavy (non-hydrogen) atoms. The van der Waals surface area contributed by atoms with Gasteiger partial charge in [-0.2, -0.15) is 0 Å².